The molecule has 0 spiro atoms. The summed E-state index contributed by atoms with van der Waals surface area (Å²) in [5.74, 6) is 0.870. The van der Waals surface area contributed by atoms with Gasteiger partial charge in [-0.2, -0.15) is 0 Å². The molecule has 0 saturated heterocycles. The van der Waals surface area contributed by atoms with Crippen molar-refractivity contribution in [2.75, 3.05) is 5.32 Å². The Balaban J connectivity index is 2.04. The summed E-state index contributed by atoms with van der Waals surface area (Å²) < 4.78 is 0. The van der Waals surface area contributed by atoms with Crippen LogP contribution in [0, 0.1) is 12.8 Å². The van der Waals surface area contributed by atoms with Crippen molar-refractivity contribution in [3.63, 3.8) is 0 Å². The van der Waals surface area contributed by atoms with Gasteiger partial charge in [0, 0.05) is 11.7 Å². The molecule has 22 heavy (non-hydrogen) atoms. The standard InChI is InChI=1S/C19H30N2S/c1-5-15-11-14(4)12-16(6-2)18(15)21-19(22)20-17-9-7-13(3)8-10-17/h11-13,17H,5-10H2,1-4H3,(H2,20,21,22). The molecule has 0 unspecified atom stereocenters. The van der Waals surface area contributed by atoms with E-state index in [1.807, 2.05) is 0 Å². The summed E-state index contributed by atoms with van der Waals surface area (Å²) in [5.41, 5.74) is 5.27. The van der Waals surface area contributed by atoms with Crippen LogP contribution in [0.3, 0.4) is 0 Å². The highest BCUT2D eigenvalue weighted by molar-refractivity contribution is 7.80. The summed E-state index contributed by atoms with van der Waals surface area (Å²) in [6.45, 7) is 8.93. The molecule has 2 rings (SSSR count). The minimum atomic E-state index is 0.539. The topological polar surface area (TPSA) is 24.1 Å². The molecule has 0 amide bonds. The Morgan fingerprint density at radius 1 is 1.09 bits per heavy atom. The second kappa shape index (κ2) is 7.96. The molecule has 0 aliphatic heterocycles. The lowest BCUT2D eigenvalue weighted by atomic mass is 9.87. The Morgan fingerprint density at radius 3 is 2.14 bits per heavy atom. The minimum absolute atomic E-state index is 0.539. The van der Waals surface area contributed by atoms with Crippen molar-refractivity contribution in [3.8, 4) is 0 Å². The Kier molecular flexibility index (Phi) is 6.25. The van der Waals surface area contributed by atoms with E-state index in [4.69, 9.17) is 12.2 Å². The fraction of sp³-hybridized carbons (Fsp3) is 0.632. The fourth-order valence-corrected chi connectivity index (χ4v) is 3.67. The van der Waals surface area contributed by atoms with E-state index in [0.717, 1.165) is 23.9 Å². The van der Waals surface area contributed by atoms with E-state index >= 15 is 0 Å². The molecule has 2 N–H and O–H groups in total. The number of thiocarbonyl (C=S) groups is 1. The van der Waals surface area contributed by atoms with Gasteiger partial charge in [-0.05, 0) is 74.7 Å². The largest absolute Gasteiger partial charge is 0.360 e. The average molecular weight is 319 g/mol. The molecule has 0 radical (unpaired) electrons. The van der Waals surface area contributed by atoms with E-state index in [-0.39, 0.29) is 0 Å². The van der Waals surface area contributed by atoms with Crippen LogP contribution in [0.1, 0.15) is 63.1 Å². The van der Waals surface area contributed by atoms with Crippen LogP contribution in [0.25, 0.3) is 0 Å². The van der Waals surface area contributed by atoms with E-state index in [9.17, 15) is 0 Å². The molecule has 1 aromatic rings. The van der Waals surface area contributed by atoms with E-state index in [1.54, 1.807) is 0 Å². The van der Waals surface area contributed by atoms with Crippen LogP contribution in [0.5, 0.6) is 0 Å². The van der Waals surface area contributed by atoms with Crippen LogP contribution in [0.4, 0.5) is 5.69 Å². The third kappa shape index (κ3) is 4.45. The quantitative estimate of drug-likeness (QED) is 0.765. The summed E-state index contributed by atoms with van der Waals surface area (Å²) in [4.78, 5) is 0. The molecule has 0 aromatic heterocycles. The maximum Gasteiger partial charge on any atom is 0.171 e. The lowest BCUT2D eigenvalue weighted by Gasteiger charge is -2.28. The first kappa shape index (κ1) is 17.3. The van der Waals surface area contributed by atoms with E-state index in [2.05, 4.69) is 50.5 Å². The first-order valence-corrected chi connectivity index (χ1v) is 9.14. The normalized spacial score (nSPS) is 21.5. The number of anilines is 1. The third-order valence-corrected chi connectivity index (χ3v) is 5.02. The molecule has 122 valence electrons. The Labute approximate surface area is 141 Å². The fourth-order valence-electron chi connectivity index (χ4n) is 3.40. The van der Waals surface area contributed by atoms with Crippen molar-refractivity contribution < 1.29 is 0 Å². The van der Waals surface area contributed by atoms with Gasteiger partial charge in [0.1, 0.15) is 0 Å². The van der Waals surface area contributed by atoms with Crippen molar-refractivity contribution in [1.82, 2.24) is 5.32 Å². The molecule has 1 fully saturated rings. The lowest BCUT2D eigenvalue weighted by Crippen LogP contribution is -2.40. The predicted octanol–water partition coefficient (Wildman–Crippen LogP) is 4.98. The lowest BCUT2D eigenvalue weighted by molar-refractivity contribution is 0.332. The average Bonchev–Trinajstić information content (AvgIpc) is 2.50. The van der Waals surface area contributed by atoms with Crippen LogP contribution >= 0.6 is 12.2 Å². The molecule has 3 heteroatoms. The van der Waals surface area contributed by atoms with Crippen molar-refractivity contribution in [2.24, 2.45) is 5.92 Å². The Bertz CT molecular complexity index is 491. The highest BCUT2D eigenvalue weighted by Gasteiger charge is 2.19. The maximum absolute atomic E-state index is 5.57. The van der Waals surface area contributed by atoms with Gasteiger partial charge < -0.3 is 10.6 Å². The van der Waals surface area contributed by atoms with Gasteiger partial charge in [0.25, 0.3) is 0 Å². The van der Waals surface area contributed by atoms with Crippen molar-refractivity contribution >= 4 is 23.0 Å². The zero-order valence-corrected chi connectivity index (χ0v) is 15.3. The summed E-state index contributed by atoms with van der Waals surface area (Å²) in [6.07, 6.45) is 7.15. The number of benzene rings is 1. The number of nitrogens with one attached hydrogen (secondary N) is 2. The van der Waals surface area contributed by atoms with E-state index < -0.39 is 0 Å². The number of rotatable bonds is 4. The highest BCUT2D eigenvalue weighted by atomic mass is 32.1. The van der Waals surface area contributed by atoms with Gasteiger partial charge in [-0.15, -0.1) is 0 Å². The van der Waals surface area contributed by atoms with Crippen LogP contribution < -0.4 is 10.6 Å². The number of hydrogen-bond donors (Lipinski definition) is 2. The molecule has 0 bridgehead atoms. The van der Waals surface area contributed by atoms with Crippen molar-refractivity contribution in [2.45, 2.75) is 72.3 Å². The second-order valence-corrected chi connectivity index (χ2v) is 7.13. The summed E-state index contributed by atoms with van der Waals surface area (Å²) >= 11 is 5.57. The smallest absolute Gasteiger partial charge is 0.171 e. The number of hydrogen-bond acceptors (Lipinski definition) is 1. The first-order valence-electron chi connectivity index (χ1n) is 8.73. The molecule has 2 nitrogen and oxygen atoms in total. The number of aryl methyl sites for hydroxylation is 3. The van der Waals surface area contributed by atoms with Crippen LogP contribution in [0.15, 0.2) is 12.1 Å². The third-order valence-electron chi connectivity index (χ3n) is 4.80. The van der Waals surface area contributed by atoms with Gasteiger partial charge in [-0.3, -0.25) is 0 Å². The van der Waals surface area contributed by atoms with Crippen LogP contribution in [0.2, 0.25) is 0 Å². The Hall–Kier alpha value is -1.09. The van der Waals surface area contributed by atoms with E-state index in [1.165, 1.54) is 48.1 Å². The maximum atomic E-state index is 5.57. The van der Waals surface area contributed by atoms with Gasteiger partial charge in [0.2, 0.25) is 0 Å². The molecule has 1 aliphatic rings. The predicted molar refractivity (Wildman–Crippen MR) is 101 cm³/mol. The molecule has 0 heterocycles. The molecule has 1 aromatic carbocycles. The van der Waals surface area contributed by atoms with Crippen LogP contribution in [-0.4, -0.2) is 11.2 Å². The Morgan fingerprint density at radius 2 is 1.64 bits per heavy atom. The zero-order valence-electron chi connectivity index (χ0n) is 14.5. The van der Waals surface area contributed by atoms with Gasteiger partial charge in [0.05, 0.1) is 0 Å². The van der Waals surface area contributed by atoms with Gasteiger partial charge in [-0.1, -0.05) is 38.5 Å². The highest BCUT2D eigenvalue weighted by Crippen LogP contribution is 2.26. The zero-order chi connectivity index (χ0) is 16.1. The minimum Gasteiger partial charge on any atom is -0.360 e. The van der Waals surface area contributed by atoms with Crippen molar-refractivity contribution in [3.05, 3.63) is 28.8 Å². The van der Waals surface area contributed by atoms with Crippen LogP contribution in [-0.2, 0) is 12.8 Å². The SMILES string of the molecule is CCc1cc(C)cc(CC)c1NC(=S)NC1CCC(C)CC1. The molecule has 0 atom stereocenters. The van der Waals surface area contributed by atoms with Gasteiger partial charge >= 0.3 is 0 Å². The van der Waals surface area contributed by atoms with E-state index in [0.29, 0.717) is 6.04 Å². The van der Waals surface area contributed by atoms with Gasteiger partial charge in [0.15, 0.2) is 5.11 Å². The molecular weight excluding hydrogens is 288 g/mol. The molecular formula is C19H30N2S. The summed E-state index contributed by atoms with van der Waals surface area (Å²) in [6, 6.07) is 5.08. The molecule has 1 aliphatic carbocycles. The van der Waals surface area contributed by atoms with Crippen molar-refractivity contribution in [1.29, 1.82) is 0 Å². The first-order chi connectivity index (χ1) is 10.5. The summed E-state index contributed by atoms with van der Waals surface area (Å²) in [5, 5.41) is 7.80. The summed E-state index contributed by atoms with van der Waals surface area (Å²) in [7, 11) is 0. The monoisotopic (exact) mass is 318 g/mol. The molecule has 1 saturated carbocycles. The second-order valence-electron chi connectivity index (χ2n) is 6.72. The van der Waals surface area contributed by atoms with Gasteiger partial charge in [-0.25, -0.2) is 0 Å².